The summed E-state index contributed by atoms with van der Waals surface area (Å²) in [6, 6.07) is 0. The van der Waals surface area contributed by atoms with Crippen molar-refractivity contribution in [2.24, 2.45) is 17.8 Å². The van der Waals surface area contributed by atoms with E-state index in [0.29, 0.717) is 31.6 Å². The van der Waals surface area contributed by atoms with Crippen molar-refractivity contribution in [1.29, 1.82) is 0 Å². The number of esters is 4. The second-order valence-electron chi connectivity index (χ2n) is 29.5. The van der Waals surface area contributed by atoms with E-state index in [2.05, 4.69) is 48.5 Å². The Balaban J connectivity index is 5.23. The summed E-state index contributed by atoms with van der Waals surface area (Å²) < 4.78 is 68.6. The molecule has 17 nitrogen and oxygen atoms in total. The molecule has 0 bridgehead atoms. The lowest BCUT2D eigenvalue weighted by molar-refractivity contribution is -0.161. The van der Waals surface area contributed by atoms with Gasteiger partial charge in [0.15, 0.2) is 12.2 Å². The number of hydrogen-bond donors (Lipinski definition) is 3. The quantitative estimate of drug-likeness (QED) is 0.0222. The zero-order chi connectivity index (χ0) is 71.6. The van der Waals surface area contributed by atoms with E-state index in [9.17, 15) is 43.2 Å². The van der Waals surface area contributed by atoms with E-state index in [0.717, 1.165) is 108 Å². The first kappa shape index (κ1) is 95.1. The molecule has 0 aromatic heterocycles. The van der Waals surface area contributed by atoms with Crippen LogP contribution in [-0.2, 0) is 65.4 Å². The van der Waals surface area contributed by atoms with Gasteiger partial charge in [0.25, 0.3) is 0 Å². The summed E-state index contributed by atoms with van der Waals surface area (Å²) in [5.41, 5.74) is 0. The number of ether oxygens (including phenoxy) is 4. The van der Waals surface area contributed by atoms with Crippen molar-refractivity contribution in [1.82, 2.24) is 0 Å². The predicted octanol–water partition coefficient (Wildman–Crippen LogP) is 23.0. The number of rotatable bonds is 76. The van der Waals surface area contributed by atoms with Crippen LogP contribution in [0.15, 0.2) is 0 Å². The first-order valence-electron chi connectivity index (χ1n) is 40.3. The van der Waals surface area contributed by atoms with Crippen LogP contribution >= 0.6 is 15.6 Å². The van der Waals surface area contributed by atoms with Crippen molar-refractivity contribution in [3.63, 3.8) is 0 Å². The van der Waals surface area contributed by atoms with E-state index in [1.54, 1.807) is 0 Å². The molecule has 0 amide bonds. The highest BCUT2D eigenvalue weighted by molar-refractivity contribution is 7.47. The van der Waals surface area contributed by atoms with Gasteiger partial charge in [0.05, 0.1) is 26.4 Å². The minimum atomic E-state index is -4.96. The summed E-state index contributed by atoms with van der Waals surface area (Å²) in [7, 11) is -9.91. The van der Waals surface area contributed by atoms with Crippen LogP contribution in [-0.4, -0.2) is 96.7 Å². The molecule has 0 aliphatic rings. The van der Waals surface area contributed by atoms with E-state index in [1.165, 1.54) is 205 Å². The second kappa shape index (κ2) is 68.5. The number of aliphatic hydroxyl groups excluding tert-OH is 1. The molecule has 0 aromatic rings. The summed E-state index contributed by atoms with van der Waals surface area (Å²) in [4.78, 5) is 72.9. The average molecular weight is 1420 g/mol. The fraction of sp³-hybridized carbons (Fsp3) is 0.949. The Morgan fingerprint density at radius 3 is 0.701 bits per heavy atom. The number of phosphoric ester groups is 2. The summed E-state index contributed by atoms with van der Waals surface area (Å²) >= 11 is 0. The van der Waals surface area contributed by atoms with Crippen molar-refractivity contribution in [2.75, 3.05) is 39.6 Å². The topological polar surface area (TPSA) is 237 Å². The molecule has 2 unspecified atom stereocenters. The molecule has 0 fully saturated rings. The molecular weight excluding hydrogens is 1270 g/mol. The highest BCUT2D eigenvalue weighted by Gasteiger charge is 2.30. The van der Waals surface area contributed by atoms with Gasteiger partial charge in [-0.2, -0.15) is 0 Å². The van der Waals surface area contributed by atoms with E-state index in [4.69, 9.17) is 37.0 Å². The Labute approximate surface area is 594 Å². The Bertz CT molecular complexity index is 1890. The van der Waals surface area contributed by atoms with Crippen LogP contribution in [0.3, 0.4) is 0 Å². The van der Waals surface area contributed by atoms with Crippen LogP contribution in [0.25, 0.3) is 0 Å². The van der Waals surface area contributed by atoms with Gasteiger partial charge in [0.2, 0.25) is 0 Å². The molecule has 3 N–H and O–H groups in total. The van der Waals surface area contributed by atoms with E-state index < -0.39 is 97.5 Å². The van der Waals surface area contributed by atoms with Gasteiger partial charge in [-0.05, 0) is 43.4 Å². The SMILES string of the molecule is CCCCCCCCCCCCCCCCCCCCCC(=O)O[C@H](COC(=O)CCCCCCCCCCCCCCC(C)C)COP(=O)(O)OC[C@@H](O)COP(=O)(O)OC[C@@H](COC(=O)CCCCCCCCC(C)C)OC(=O)CCCCCCCCCCCCCC(C)C. The smallest absolute Gasteiger partial charge is 0.462 e. The lowest BCUT2D eigenvalue weighted by Crippen LogP contribution is -2.30. The molecule has 576 valence electrons. The number of hydrogen-bond acceptors (Lipinski definition) is 15. The molecule has 5 atom stereocenters. The maximum atomic E-state index is 13.1. The maximum Gasteiger partial charge on any atom is 0.472 e. The van der Waals surface area contributed by atoms with Crippen molar-refractivity contribution >= 4 is 39.5 Å². The highest BCUT2D eigenvalue weighted by Crippen LogP contribution is 2.45. The van der Waals surface area contributed by atoms with Crippen molar-refractivity contribution in [3.8, 4) is 0 Å². The highest BCUT2D eigenvalue weighted by atomic mass is 31.2. The fourth-order valence-electron chi connectivity index (χ4n) is 12.0. The predicted molar refractivity (Wildman–Crippen MR) is 395 cm³/mol. The minimum absolute atomic E-state index is 0.105. The monoisotopic (exact) mass is 1420 g/mol. The Morgan fingerprint density at radius 1 is 0.278 bits per heavy atom. The lowest BCUT2D eigenvalue weighted by Gasteiger charge is -2.21. The third-order valence-electron chi connectivity index (χ3n) is 18.1. The molecule has 0 rings (SSSR count). The third kappa shape index (κ3) is 72.2. The van der Waals surface area contributed by atoms with Gasteiger partial charge in [0.1, 0.15) is 19.3 Å². The van der Waals surface area contributed by atoms with Gasteiger partial charge in [-0.15, -0.1) is 0 Å². The third-order valence-corrected chi connectivity index (χ3v) is 20.0. The largest absolute Gasteiger partial charge is 0.472 e. The molecule has 0 saturated heterocycles. The molecule has 0 saturated carbocycles. The molecule has 0 heterocycles. The first-order chi connectivity index (χ1) is 46.7. The Hall–Kier alpha value is -1.94. The summed E-state index contributed by atoms with van der Waals surface area (Å²) in [5, 5.41) is 10.6. The normalized spacial score (nSPS) is 14.0. The second-order valence-corrected chi connectivity index (χ2v) is 32.4. The van der Waals surface area contributed by atoms with Gasteiger partial charge < -0.3 is 33.8 Å². The number of phosphoric acid groups is 2. The molecule has 97 heavy (non-hydrogen) atoms. The molecule has 0 spiro atoms. The van der Waals surface area contributed by atoms with Crippen molar-refractivity contribution in [3.05, 3.63) is 0 Å². The number of carbonyl (C=O) groups is 4. The first-order valence-corrected chi connectivity index (χ1v) is 43.3. The summed E-state index contributed by atoms with van der Waals surface area (Å²) in [5.74, 6) is 0.109. The van der Waals surface area contributed by atoms with Crippen molar-refractivity contribution in [2.45, 2.75) is 420 Å². The number of carbonyl (C=O) groups excluding carboxylic acids is 4. The van der Waals surface area contributed by atoms with Crippen LogP contribution in [0.4, 0.5) is 0 Å². The fourth-order valence-corrected chi connectivity index (χ4v) is 13.5. The van der Waals surface area contributed by atoms with E-state index in [-0.39, 0.29) is 25.7 Å². The van der Waals surface area contributed by atoms with Crippen LogP contribution in [0.5, 0.6) is 0 Å². The maximum absolute atomic E-state index is 13.1. The van der Waals surface area contributed by atoms with E-state index in [1.807, 2.05) is 0 Å². The van der Waals surface area contributed by atoms with Gasteiger partial charge in [-0.3, -0.25) is 37.3 Å². The van der Waals surface area contributed by atoms with Gasteiger partial charge in [0, 0.05) is 25.7 Å². The van der Waals surface area contributed by atoms with Crippen LogP contribution < -0.4 is 0 Å². The zero-order valence-electron chi connectivity index (χ0n) is 63.5. The molecule has 0 aliphatic heterocycles. The minimum Gasteiger partial charge on any atom is -0.462 e. The Kier molecular flexibility index (Phi) is 67.1. The molecule has 19 heteroatoms. The van der Waals surface area contributed by atoms with Gasteiger partial charge in [-0.1, -0.05) is 350 Å². The zero-order valence-corrected chi connectivity index (χ0v) is 65.3. The molecular formula is C78H152O17P2. The Morgan fingerprint density at radius 2 is 0.474 bits per heavy atom. The summed E-state index contributed by atoms with van der Waals surface area (Å²) in [6.45, 7) is 11.8. The average Bonchev–Trinajstić information content (AvgIpc) is 1.13. The lowest BCUT2D eigenvalue weighted by atomic mass is 10.0. The standard InChI is InChI=1S/C78H152O17P2/c1-8-9-10-11-12-13-14-15-16-17-18-19-20-21-28-33-38-47-54-61-77(82)94-73(65-88-75(80)59-52-45-37-32-27-23-22-25-30-35-42-49-56-69(2)3)67-92-96(84,85)90-63-72(79)64-91-97(86,87)93-68-74(66-89-76(81)60-53-46-41-40-44-51-58-71(6)7)95-78(83)62-55-48-39-34-29-24-26-31-36-43-50-57-70(4)5/h69-74,79H,8-68H2,1-7H3,(H,84,85)(H,86,87)/t72-,73-,74-/m1/s1. The van der Waals surface area contributed by atoms with Crippen molar-refractivity contribution < 1.29 is 80.2 Å². The van der Waals surface area contributed by atoms with Crippen LogP contribution in [0.2, 0.25) is 0 Å². The van der Waals surface area contributed by atoms with Gasteiger partial charge in [-0.25, -0.2) is 9.13 Å². The molecule has 0 aromatic carbocycles. The van der Waals surface area contributed by atoms with E-state index >= 15 is 0 Å². The number of unbranched alkanes of at least 4 members (excludes halogenated alkanes) is 44. The number of aliphatic hydroxyl groups is 1. The van der Waals surface area contributed by atoms with Crippen LogP contribution in [0.1, 0.15) is 402 Å². The molecule has 0 aliphatic carbocycles. The van der Waals surface area contributed by atoms with Gasteiger partial charge >= 0.3 is 39.5 Å². The summed E-state index contributed by atoms with van der Waals surface area (Å²) in [6.07, 6.45) is 55.7. The van der Waals surface area contributed by atoms with Crippen LogP contribution in [0, 0.1) is 17.8 Å². The molecule has 0 radical (unpaired) electrons.